The van der Waals surface area contributed by atoms with Gasteiger partial charge in [-0.25, -0.2) is 0 Å². The summed E-state index contributed by atoms with van der Waals surface area (Å²) in [5.74, 6) is 1.65. The van der Waals surface area contributed by atoms with Crippen LogP contribution in [0.15, 0.2) is 0 Å². The molecule has 0 saturated carbocycles. The molecule has 4 nitrogen and oxygen atoms in total. The summed E-state index contributed by atoms with van der Waals surface area (Å²) in [6.07, 6.45) is 9.57. The monoisotopic (exact) mass is 225 g/mol. The highest BCUT2D eigenvalue weighted by molar-refractivity contribution is 5.76. The summed E-state index contributed by atoms with van der Waals surface area (Å²) in [4.78, 5) is 21.3. The van der Waals surface area contributed by atoms with Crippen molar-refractivity contribution in [1.82, 2.24) is 5.32 Å². The minimum absolute atomic E-state index is 0.0107. The third-order valence-corrected chi connectivity index (χ3v) is 2.14. The number of amides is 1. The van der Waals surface area contributed by atoms with Gasteiger partial charge < -0.3 is 10.4 Å². The van der Waals surface area contributed by atoms with E-state index in [1.807, 2.05) is 0 Å². The van der Waals surface area contributed by atoms with Crippen LogP contribution < -0.4 is 5.32 Å². The van der Waals surface area contributed by atoms with Crippen molar-refractivity contribution in [1.29, 1.82) is 0 Å². The normalized spacial score (nSPS) is 9.44. The Kier molecular flexibility index (Phi) is 9.09. The van der Waals surface area contributed by atoms with Crippen LogP contribution in [0.1, 0.15) is 44.9 Å². The van der Waals surface area contributed by atoms with E-state index in [0.29, 0.717) is 25.8 Å². The van der Waals surface area contributed by atoms with E-state index >= 15 is 0 Å². The lowest BCUT2D eigenvalue weighted by atomic mass is 10.1. The smallest absolute Gasteiger partial charge is 0.303 e. The molecular weight excluding hydrogens is 206 g/mol. The topological polar surface area (TPSA) is 66.4 Å². The summed E-state index contributed by atoms with van der Waals surface area (Å²) in [6.45, 7) is 0.649. The zero-order valence-corrected chi connectivity index (χ0v) is 9.50. The number of carbonyl (C=O) groups excluding carboxylic acids is 1. The van der Waals surface area contributed by atoms with E-state index in [0.717, 1.165) is 19.3 Å². The fraction of sp³-hybridized carbons (Fsp3) is 0.667. The van der Waals surface area contributed by atoms with E-state index in [2.05, 4.69) is 11.2 Å². The van der Waals surface area contributed by atoms with Gasteiger partial charge in [-0.3, -0.25) is 9.59 Å². The van der Waals surface area contributed by atoms with Crippen molar-refractivity contribution < 1.29 is 14.7 Å². The number of carboxylic acids is 1. The van der Waals surface area contributed by atoms with Crippen LogP contribution in [0.2, 0.25) is 0 Å². The van der Waals surface area contributed by atoms with Crippen LogP contribution in [0.25, 0.3) is 0 Å². The van der Waals surface area contributed by atoms with Crippen LogP contribution in [-0.4, -0.2) is 23.5 Å². The van der Waals surface area contributed by atoms with Crippen molar-refractivity contribution in [3.8, 4) is 12.3 Å². The number of hydrogen-bond donors (Lipinski definition) is 2. The number of hydrogen-bond acceptors (Lipinski definition) is 2. The van der Waals surface area contributed by atoms with Crippen LogP contribution >= 0.6 is 0 Å². The summed E-state index contributed by atoms with van der Waals surface area (Å²) in [6, 6.07) is 0. The van der Waals surface area contributed by atoms with Crippen molar-refractivity contribution >= 4 is 11.9 Å². The van der Waals surface area contributed by atoms with Gasteiger partial charge in [-0.1, -0.05) is 12.8 Å². The van der Waals surface area contributed by atoms with Gasteiger partial charge in [-0.15, -0.1) is 12.3 Å². The number of carboxylic acid groups (broad SMARTS) is 1. The van der Waals surface area contributed by atoms with Gasteiger partial charge in [0.2, 0.25) is 5.91 Å². The molecule has 0 saturated heterocycles. The third kappa shape index (κ3) is 10.6. The maximum absolute atomic E-state index is 11.1. The highest BCUT2D eigenvalue weighted by Crippen LogP contribution is 2.02. The Labute approximate surface area is 96.4 Å². The average molecular weight is 225 g/mol. The first-order chi connectivity index (χ1) is 7.66. The van der Waals surface area contributed by atoms with E-state index in [1.54, 1.807) is 0 Å². The fourth-order valence-corrected chi connectivity index (χ4v) is 1.26. The number of nitrogens with one attached hydrogen (secondary N) is 1. The molecule has 0 aliphatic heterocycles. The Hall–Kier alpha value is -1.50. The van der Waals surface area contributed by atoms with E-state index in [-0.39, 0.29) is 12.3 Å². The van der Waals surface area contributed by atoms with E-state index < -0.39 is 5.97 Å². The van der Waals surface area contributed by atoms with Gasteiger partial charge in [0.15, 0.2) is 0 Å². The molecule has 0 aromatic carbocycles. The number of rotatable bonds is 9. The highest BCUT2D eigenvalue weighted by atomic mass is 16.4. The van der Waals surface area contributed by atoms with Gasteiger partial charge in [-0.05, 0) is 12.8 Å². The lowest BCUT2D eigenvalue weighted by molar-refractivity contribution is -0.137. The summed E-state index contributed by atoms with van der Waals surface area (Å²) >= 11 is 0. The number of aliphatic carboxylic acids is 1. The molecule has 0 aliphatic rings. The highest BCUT2D eigenvalue weighted by Gasteiger charge is 1.99. The number of unbranched alkanes of at least 4 members (excludes halogenated alkanes) is 3. The van der Waals surface area contributed by atoms with Gasteiger partial charge in [-0.2, -0.15) is 0 Å². The first-order valence-corrected chi connectivity index (χ1v) is 5.58. The largest absolute Gasteiger partial charge is 0.481 e. The molecule has 90 valence electrons. The van der Waals surface area contributed by atoms with E-state index in [4.69, 9.17) is 11.5 Å². The molecule has 0 bridgehead atoms. The minimum atomic E-state index is -0.748. The Morgan fingerprint density at radius 1 is 1.12 bits per heavy atom. The van der Waals surface area contributed by atoms with Crippen LogP contribution in [0.4, 0.5) is 0 Å². The molecule has 1 amide bonds. The Bertz CT molecular complexity index is 255. The molecule has 0 atom stereocenters. The maximum atomic E-state index is 11.1. The van der Waals surface area contributed by atoms with Gasteiger partial charge in [0.05, 0.1) is 0 Å². The lowest BCUT2D eigenvalue weighted by Gasteiger charge is -2.03. The first-order valence-electron chi connectivity index (χ1n) is 5.58. The molecule has 0 unspecified atom stereocenters. The predicted molar refractivity (Wildman–Crippen MR) is 61.8 cm³/mol. The molecule has 2 N–H and O–H groups in total. The molecular formula is C12H19NO3. The summed E-state index contributed by atoms with van der Waals surface area (Å²) in [5, 5.41) is 11.2. The molecule has 4 heteroatoms. The SMILES string of the molecule is C#CCCC(=O)NCCCCCCC(=O)O. The van der Waals surface area contributed by atoms with Gasteiger partial charge in [0, 0.05) is 25.8 Å². The third-order valence-electron chi connectivity index (χ3n) is 2.14. The summed E-state index contributed by atoms with van der Waals surface area (Å²) < 4.78 is 0. The zero-order valence-electron chi connectivity index (χ0n) is 9.50. The molecule has 0 aromatic rings. The van der Waals surface area contributed by atoms with E-state index in [9.17, 15) is 9.59 Å². The first kappa shape index (κ1) is 14.5. The van der Waals surface area contributed by atoms with Gasteiger partial charge in [0.25, 0.3) is 0 Å². The van der Waals surface area contributed by atoms with Crippen molar-refractivity contribution in [2.45, 2.75) is 44.9 Å². The molecule has 0 fully saturated rings. The molecule has 0 heterocycles. The number of terminal acetylenes is 1. The second-order valence-corrected chi connectivity index (χ2v) is 3.61. The van der Waals surface area contributed by atoms with Crippen molar-refractivity contribution in [2.75, 3.05) is 6.54 Å². The molecule has 0 spiro atoms. The molecule has 0 aliphatic carbocycles. The lowest BCUT2D eigenvalue weighted by Crippen LogP contribution is -2.23. The Balaban J connectivity index is 3.18. The van der Waals surface area contributed by atoms with Crippen LogP contribution in [0, 0.1) is 12.3 Å². The zero-order chi connectivity index (χ0) is 12.2. The van der Waals surface area contributed by atoms with Crippen LogP contribution in [-0.2, 0) is 9.59 Å². The van der Waals surface area contributed by atoms with Crippen molar-refractivity contribution in [3.05, 3.63) is 0 Å². The minimum Gasteiger partial charge on any atom is -0.481 e. The Morgan fingerprint density at radius 2 is 1.81 bits per heavy atom. The summed E-state index contributed by atoms with van der Waals surface area (Å²) in [7, 11) is 0. The van der Waals surface area contributed by atoms with Crippen LogP contribution in [0.5, 0.6) is 0 Å². The second-order valence-electron chi connectivity index (χ2n) is 3.61. The Morgan fingerprint density at radius 3 is 2.44 bits per heavy atom. The standard InChI is InChI=1S/C12H19NO3/c1-2-3-8-11(14)13-10-7-5-4-6-9-12(15)16/h1H,3-10H2,(H,13,14)(H,15,16). The van der Waals surface area contributed by atoms with E-state index in [1.165, 1.54) is 0 Å². The quantitative estimate of drug-likeness (QED) is 0.462. The van der Waals surface area contributed by atoms with Gasteiger partial charge in [0.1, 0.15) is 0 Å². The molecule has 16 heavy (non-hydrogen) atoms. The predicted octanol–water partition coefficient (Wildman–Crippen LogP) is 1.55. The molecule has 0 aromatic heterocycles. The second kappa shape index (κ2) is 10.0. The van der Waals surface area contributed by atoms with Crippen molar-refractivity contribution in [3.63, 3.8) is 0 Å². The fourth-order valence-electron chi connectivity index (χ4n) is 1.26. The van der Waals surface area contributed by atoms with Gasteiger partial charge >= 0.3 is 5.97 Å². The average Bonchev–Trinajstić information content (AvgIpc) is 2.24. The molecule has 0 rings (SSSR count). The van der Waals surface area contributed by atoms with Crippen LogP contribution in [0.3, 0.4) is 0 Å². The summed E-state index contributed by atoms with van der Waals surface area (Å²) in [5.41, 5.74) is 0. The molecule has 0 radical (unpaired) electrons. The maximum Gasteiger partial charge on any atom is 0.303 e. The number of carbonyl (C=O) groups is 2. The van der Waals surface area contributed by atoms with Crippen molar-refractivity contribution in [2.24, 2.45) is 0 Å².